The number of aliphatic hydroxyl groups excluding tert-OH is 1. The van der Waals surface area contributed by atoms with Gasteiger partial charge >= 0.3 is 5.69 Å². The number of aliphatic hydroxyl groups is 1. The summed E-state index contributed by atoms with van der Waals surface area (Å²) in [5.74, 6) is 0. The minimum Gasteiger partial charge on any atom is -0.411 e. The number of aryl methyl sites for hydroxylation is 1. The average Bonchev–Trinajstić information content (AvgIpc) is 2.88. The van der Waals surface area contributed by atoms with Crippen molar-refractivity contribution in [3.05, 3.63) is 32.6 Å². The van der Waals surface area contributed by atoms with E-state index in [-0.39, 0.29) is 11.5 Å². The van der Waals surface area contributed by atoms with Gasteiger partial charge in [0.15, 0.2) is 13.9 Å². The zero-order valence-electron chi connectivity index (χ0n) is 16.6. The van der Waals surface area contributed by atoms with Crippen molar-refractivity contribution < 1.29 is 19.5 Å². The summed E-state index contributed by atoms with van der Waals surface area (Å²) in [6.07, 6.45) is 1.37. The number of nitrogens with zero attached hydrogens (tertiary/aromatic N) is 2. The lowest BCUT2D eigenvalue weighted by Crippen LogP contribution is -2.53. The van der Waals surface area contributed by atoms with Gasteiger partial charge in [-0.2, -0.15) is 0 Å². The van der Waals surface area contributed by atoms with Crippen LogP contribution in [0.5, 0.6) is 0 Å². The highest BCUT2D eigenvalue weighted by molar-refractivity contribution is 6.74. The summed E-state index contributed by atoms with van der Waals surface area (Å²) in [6, 6.07) is 0. The third-order valence-electron chi connectivity index (χ3n) is 5.54. The molecule has 3 atom stereocenters. The minimum absolute atomic E-state index is 0.0892. The number of hydrogen-bond donors (Lipinski definition) is 3. The van der Waals surface area contributed by atoms with E-state index in [2.05, 4.69) is 44.0 Å². The molecule has 0 amide bonds. The Bertz CT molecular complexity index is 825. The topological polar surface area (TPSA) is 126 Å². The highest BCUT2D eigenvalue weighted by Crippen LogP contribution is 2.43. The van der Waals surface area contributed by atoms with Crippen LogP contribution in [-0.4, -0.2) is 52.7 Å². The fourth-order valence-corrected chi connectivity index (χ4v) is 4.16. The maximum absolute atomic E-state index is 12.2. The highest BCUT2D eigenvalue weighted by atomic mass is 28.4. The summed E-state index contributed by atoms with van der Waals surface area (Å²) in [5, 5.41) is 22.1. The van der Waals surface area contributed by atoms with E-state index in [1.165, 1.54) is 10.8 Å². The maximum atomic E-state index is 12.2. The van der Waals surface area contributed by atoms with Gasteiger partial charge in [-0.1, -0.05) is 25.9 Å². The van der Waals surface area contributed by atoms with E-state index >= 15 is 0 Å². The van der Waals surface area contributed by atoms with Crippen molar-refractivity contribution in [1.82, 2.24) is 9.55 Å². The summed E-state index contributed by atoms with van der Waals surface area (Å²) < 4.78 is 13.6. The molecule has 0 aromatic carbocycles. The predicted molar refractivity (Wildman–Crippen MR) is 103 cm³/mol. The number of H-pyrrole nitrogens is 1. The minimum atomic E-state index is -2.25. The van der Waals surface area contributed by atoms with Gasteiger partial charge in [0.05, 0.1) is 18.9 Å². The van der Waals surface area contributed by atoms with Crippen molar-refractivity contribution in [2.75, 3.05) is 6.61 Å². The van der Waals surface area contributed by atoms with Crippen LogP contribution in [0.4, 0.5) is 0 Å². The Hall–Kier alpha value is -1.75. The maximum Gasteiger partial charge on any atom is 0.330 e. The van der Waals surface area contributed by atoms with Crippen LogP contribution in [0.25, 0.3) is 0 Å². The largest absolute Gasteiger partial charge is 0.411 e. The molecule has 152 valence electrons. The van der Waals surface area contributed by atoms with Gasteiger partial charge in [0.1, 0.15) is 6.23 Å². The molecule has 1 fully saturated rings. The Morgan fingerprint density at radius 3 is 2.63 bits per heavy atom. The van der Waals surface area contributed by atoms with Crippen molar-refractivity contribution >= 4 is 14.5 Å². The van der Waals surface area contributed by atoms with Crippen LogP contribution in [0.3, 0.4) is 0 Å². The lowest BCUT2D eigenvalue weighted by molar-refractivity contribution is -0.0802. The Balaban J connectivity index is 2.46. The van der Waals surface area contributed by atoms with Crippen molar-refractivity contribution in [1.29, 1.82) is 0 Å². The third kappa shape index (κ3) is 4.08. The van der Waals surface area contributed by atoms with Crippen LogP contribution in [0.1, 0.15) is 39.0 Å². The molecule has 1 saturated heterocycles. The molecule has 0 unspecified atom stereocenters. The first kappa shape index (κ1) is 21.5. The Labute approximate surface area is 158 Å². The molecule has 0 bridgehead atoms. The molecule has 0 aliphatic carbocycles. The van der Waals surface area contributed by atoms with Gasteiger partial charge in [-0.15, -0.1) is 0 Å². The third-order valence-corrected chi connectivity index (χ3v) is 10.0. The van der Waals surface area contributed by atoms with E-state index in [1.54, 1.807) is 6.92 Å². The van der Waals surface area contributed by atoms with Crippen LogP contribution in [0.15, 0.2) is 20.9 Å². The molecule has 1 aromatic heterocycles. The van der Waals surface area contributed by atoms with Gasteiger partial charge < -0.3 is 19.5 Å². The van der Waals surface area contributed by atoms with Crippen LogP contribution < -0.4 is 11.2 Å². The number of aromatic nitrogens is 2. The molecule has 2 heterocycles. The second-order valence-corrected chi connectivity index (χ2v) is 13.3. The highest BCUT2D eigenvalue weighted by Gasteiger charge is 2.53. The number of hydrogen-bond acceptors (Lipinski definition) is 7. The number of rotatable bonds is 5. The molecule has 10 heteroatoms. The molecule has 3 N–H and O–H groups in total. The van der Waals surface area contributed by atoms with Crippen LogP contribution in [0.2, 0.25) is 18.1 Å². The fraction of sp³-hybridized carbons (Fsp3) is 0.706. The zero-order chi connectivity index (χ0) is 20.6. The second kappa shape index (κ2) is 7.34. The predicted octanol–water partition coefficient (Wildman–Crippen LogP) is 1.35. The van der Waals surface area contributed by atoms with Crippen molar-refractivity contribution in [2.24, 2.45) is 5.16 Å². The van der Waals surface area contributed by atoms with Gasteiger partial charge in [-0.05, 0) is 25.1 Å². The molecule has 9 nitrogen and oxygen atoms in total. The summed E-state index contributed by atoms with van der Waals surface area (Å²) in [4.78, 5) is 26.1. The average molecular weight is 400 g/mol. The molecule has 0 saturated carbocycles. The van der Waals surface area contributed by atoms with Crippen LogP contribution >= 0.6 is 0 Å². The number of oxime groups is 1. The Kier molecular flexibility index (Phi) is 5.86. The van der Waals surface area contributed by atoms with Gasteiger partial charge in [-0.25, -0.2) is 4.79 Å². The van der Waals surface area contributed by atoms with Gasteiger partial charge in [-0.3, -0.25) is 14.3 Å². The van der Waals surface area contributed by atoms with Gasteiger partial charge in [0, 0.05) is 18.2 Å². The summed E-state index contributed by atoms with van der Waals surface area (Å²) in [6.45, 7) is 11.5. The van der Waals surface area contributed by atoms with E-state index < -0.39 is 44.1 Å². The zero-order valence-corrected chi connectivity index (χ0v) is 17.6. The summed E-state index contributed by atoms with van der Waals surface area (Å²) in [5.41, 5.74) is -2.11. The van der Waals surface area contributed by atoms with Crippen molar-refractivity contribution in [2.45, 2.75) is 70.2 Å². The van der Waals surface area contributed by atoms with Crippen molar-refractivity contribution in [3.8, 4) is 0 Å². The standard InChI is InChI=1S/C17H29N3O6Si/c1-11-8-20(15(23)19-14(11)22)13-7-12(17(10-21,25-13)9-18-24)26-27(5,6)16(2,3)4/h8-9,12-13,21,24H,7,10H2,1-6H3,(H,19,22,23)/t12-,13+,17+/m0/s1. The Morgan fingerprint density at radius 2 is 2.11 bits per heavy atom. The normalized spacial score (nSPS) is 26.8. The molecule has 27 heavy (non-hydrogen) atoms. The van der Waals surface area contributed by atoms with E-state index in [1.807, 2.05) is 0 Å². The molecule has 0 radical (unpaired) electrons. The number of nitrogens with one attached hydrogen (secondary N) is 1. The van der Waals surface area contributed by atoms with E-state index in [0.29, 0.717) is 5.56 Å². The molecule has 0 spiro atoms. The quantitative estimate of drug-likeness (QED) is 0.297. The monoisotopic (exact) mass is 399 g/mol. The summed E-state index contributed by atoms with van der Waals surface area (Å²) in [7, 11) is -2.25. The Morgan fingerprint density at radius 1 is 1.48 bits per heavy atom. The molecule has 2 rings (SSSR count). The van der Waals surface area contributed by atoms with Crippen LogP contribution in [0, 0.1) is 6.92 Å². The van der Waals surface area contributed by atoms with E-state index in [4.69, 9.17) is 14.4 Å². The molecule has 1 aromatic rings. The molecular formula is C17H29N3O6Si. The molecule has 1 aliphatic rings. The first-order chi connectivity index (χ1) is 12.4. The van der Waals surface area contributed by atoms with Gasteiger partial charge in [0.2, 0.25) is 0 Å². The van der Waals surface area contributed by atoms with Crippen LogP contribution in [-0.2, 0) is 9.16 Å². The SMILES string of the molecule is Cc1cn([C@H]2C[C@H](O[Si](C)(C)C(C)(C)C)[C@@](C=NO)(CO)O2)c(=O)[nH]c1=O. The second-order valence-electron chi connectivity index (χ2n) is 8.51. The summed E-state index contributed by atoms with van der Waals surface area (Å²) >= 11 is 0. The van der Waals surface area contributed by atoms with E-state index in [9.17, 15) is 14.7 Å². The first-order valence-electron chi connectivity index (χ1n) is 8.84. The van der Waals surface area contributed by atoms with Crippen molar-refractivity contribution in [3.63, 3.8) is 0 Å². The first-order valence-corrected chi connectivity index (χ1v) is 11.7. The number of aromatic amines is 1. The fourth-order valence-electron chi connectivity index (χ4n) is 2.80. The van der Waals surface area contributed by atoms with Gasteiger partial charge in [0.25, 0.3) is 5.56 Å². The molecular weight excluding hydrogens is 370 g/mol. The lowest BCUT2D eigenvalue weighted by atomic mass is 9.99. The number of ether oxygens (including phenoxy) is 1. The molecule has 1 aliphatic heterocycles. The van der Waals surface area contributed by atoms with E-state index in [0.717, 1.165) is 6.21 Å². The lowest BCUT2D eigenvalue weighted by Gasteiger charge is -2.41. The smallest absolute Gasteiger partial charge is 0.330 e.